The zero-order valence-corrected chi connectivity index (χ0v) is 16.8. The van der Waals surface area contributed by atoms with Crippen molar-refractivity contribution in [2.24, 2.45) is 4.99 Å². The van der Waals surface area contributed by atoms with Gasteiger partial charge in [-0.15, -0.1) is 0 Å². The summed E-state index contributed by atoms with van der Waals surface area (Å²) in [6.45, 7) is 12.3. The van der Waals surface area contributed by atoms with E-state index in [9.17, 15) is 4.79 Å². The molecule has 0 radical (unpaired) electrons. The van der Waals surface area contributed by atoms with Crippen LogP contribution >= 0.6 is 0 Å². The summed E-state index contributed by atoms with van der Waals surface area (Å²) in [5, 5.41) is 3.31. The van der Waals surface area contributed by atoms with Crippen LogP contribution < -0.4 is 5.32 Å². The van der Waals surface area contributed by atoms with Gasteiger partial charge in [0.2, 0.25) is 5.91 Å². The third kappa shape index (κ3) is 7.20. The molecule has 1 unspecified atom stereocenters. The standard InChI is InChI=1S/C18H37N5O2/c1-6-19-18(21(4)15-17(24)22(7-2)8-3)20-14-16-10-9-11-23(16)12-13-25-5/h16H,6-15H2,1-5H3,(H,19,20). The Bertz CT molecular complexity index is 412. The topological polar surface area (TPSA) is 60.4 Å². The Balaban J connectivity index is 2.64. The molecule has 146 valence electrons. The van der Waals surface area contributed by atoms with E-state index in [1.807, 2.05) is 30.7 Å². The van der Waals surface area contributed by atoms with Gasteiger partial charge in [-0.2, -0.15) is 0 Å². The molecule has 0 aromatic heterocycles. The molecule has 7 heteroatoms. The largest absolute Gasteiger partial charge is 0.383 e. The number of likely N-dealkylation sites (N-methyl/N-ethyl adjacent to an activating group) is 2. The summed E-state index contributed by atoms with van der Waals surface area (Å²) >= 11 is 0. The number of nitrogens with one attached hydrogen (secondary N) is 1. The van der Waals surface area contributed by atoms with Crippen LogP contribution in [0.4, 0.5) is 0 Å². The molecule has 0 aromatic rings. The maximum absolute atomic E-state index is 12.3. The van der Waals surface area contributed by atoms with Gasteiger partial charge < -0.3 is 19.9 Å². The predicted molar refractivity (Wildman–Crippen MR) is 103 cm³/mol. The minimum atomic E-state index is 0.140. The maximum atomic E-state index is 12.3. The van der Waals surface area contributed by atoms with Crippen LogP contribution in [-0.2, 0) is 9.53 Å². The van der Waals surface area contributed by atoms with E-state index >= 15 is 0 Å². The number of hydrogen-bond donors (Lipinski definition) is 1. The first-order valence-electron chi connectivity index (χ1n) is 9.57. The van der Waals surface area contributed by atoms with Crippen molar-refractivity contribution in [3.8, 4) is 0 Å². The van der Waals surface area contributed by atoms with Crippen molar-refractivity contribution in [1.82, 2.24) is 20.0 Å². The first-order valence-corrected chi connectivity index (χ1v) is 9.57. The van der Waals surface area contributed by atoms with Crippen molar-refractivity contribution in [3.05, 3.63) is 0 Å². The zero-order chi connectivity index (χ0) is 18.7. The molecule has 1 fully saturated rings. The van der Waals surface area contributed by atoms with Crippen molar-refractivity contribution < 1.29 is 9.53 Å². The highest BCUT2D eigenvalue weighted by atomic mass is 16.5. The van der Waals surface area contributed by atoms with Crippen LogP contribution in [0.15, 0.2) is 4.99 Å². The number of nitrogens with zero attached hydrogens (tertiary/aromatic N) is 4. The smallest absolute Gasteiger partial charge is 0.242 e. The zero-order valence-electron chi connectivity index (χ0n) is 16.8. The fourth-order valence-electron chi connectivity index (χ4n) is 3.22. The van der Waals surface area contributed by atoms with Crippen LogP contribution in [-0.4, -0.2) is 99.2 Å². The van der Waals surface area contributed by atoms with Crippen LogP contribution in [0.1, 0.15) is 33.6 Å². The van der Waals surface area contributed by atoms with Crippen LogP contribution in [0, 0.1) is 0 Å². The summed E-state index contributed by atoms with van der Waals surface area (Å²) < 4.78 is 5.20. The van der Waals surface area contributed by atoms with Gasteiger partial charge in [0, 0.05) is 46.4 Å². The summed E-state index contributed by atoms with van der Waals surface area (Å²) in [5.74, 6) is 0.947. The van der Waals surface area contributed by atoms with Crippen LogP contribution in [0.2, 0.25) is 0 Å². The fraction of sp³-hybridized carbons (Fsp3) is 0.889. The second kappa shape index (κ2) is 12.1. The number of hydrogen-bond acceptors (Lipinski definition) is 4. The van der Waals surface area contributed by atoms with Gasteiger partial charge in [0.25, 0.3) is 0 Å². The number of amides is 1. The minimum Gasteiger partial charge on any atom is -0.383 e. The van der Waals surface area contributed by atoms with Crippen LogP contribution in [0.5, 0.6) is 0 Å². The molecular weight excluding hydrogens is 318 g/mol. The number of likely N-dealkylation sites (tertiary alicyclic amines) is 1. The summed E-state index contributed by atoms with van der Waals surface area (Å²) in [5.41, 5.74) is 0. The third-order valence-corrected chi connectivity index (χ3v) is 4.72. The van der Waals surface area contributed by atoms with Crippen molar-refractivity contribution in [2.75, 3.05) is 66.6 Å². The third-order valence-electron chi connectivity index (χ3n) is 4.72. The van der Waals surface area contributed by atoms with Gasteiger partial charge in [-0.25, -0.2) is 0 Å². The highest BCUT2D eigenvalue weighted by Gasteiger charge is 2.24. The molecule has 1 amide bonds. The Labute approximate surface area is 153 Å². The molecule has 0 saturated carbocycles. The van der Waals surface area contributed by atoms with Crippen molar-refractivity contribution in [2.45, 2.75) is 39.7 Å². The lowest BCUT2D eigenvalue weighted by atomic mass is 10.2. The van der Waals surface area contributed by atoms with E-state index in [-0.39, 0.29) is 5.91 Å². The first-order chi connectivity index (χ1) is 12.1. The maximum Gasteiger partial charge on any atom is 0.242 e. The number of rotatable bonds is 10. The van der Waals surface area contributed by atoms with Crippen molar-refractivity contribution in [3.63, 3.8) is 0 Å². The van der Waals surface area contributed by atoms with Crippen molar-refractivity contribution in [1.29, 1.82) is 0 Å². The lowest BCUT2D eigenvalue weighted by molar-refractivity contribution is -0.131. The van der Waals surface area contributed by atoms with Crippen molar-refractivity contribution >= 4 is 11.9 Å². The van der Waals surface area contributed by atoms with Gasteiger partial charge in [0.15, 0.2) is 5.96 Å². The highest BCUT2D eigenvalue weighted by molar-refractivity contribution is 5.86. The lowest BCUT2D eigenvalue weighted by Crippen LogP contribution is -2.46. The average Bonchev–Trinajstić information content (AvgIpc) is 3.05. The first kappa shape index (κ1) is 21.7. The van der Waals surface area contributed by atoms with E-state index in [4.69, 9.17) is 9.73 Å². The van der Waals surface area contributed by atoms with E-state index < -0.39 is 0 Å². The molecule has 0 aliphatic carbocycles. The van der Waals surface area contributed by atoms with Gasteiger partial charge in [0.1, 0.15) is 0 Å². The molecule has 1 rings (SSSR count). The molecule has 1 saturated heterocycles. The summed E-state index contributed by atoms with van der Waals surface area (Å²) in [7, 11) is 3.68. The minimum absolute atomic E-state index is 0.140. The second-order valence-electron chi connectivity index (χ2n) is 6.44. The monoisotopic (exact) mass is 355 g/mol. The number of ether oxygens (including phenoxy) is 1. The number of guanidine groups is 1. The summed E-state index contributed by atoms with van der Waals surface area (Å²) in [4.78, 5) is 23.4. The number of methoxy groups -OCH3 is 1. The van der Waals surface area contributed by atoms with Gasteiger partial charge in [0.05, 0.1) is 19.7 Å². The Morgan fingerprint density at radius 3 is 2.64 bits per heavy atom. The number of aliphatic imine (C=N–C) groups is 1. The molecule has 7 nitrogen and oxygen atoms in total. The summed E-state index contributed by atoms with van der Waals surface area (Å²) in [6.07, 6.45) is 2.39. The van der Waals surface area contributed by atoms with E-state index in [0.29, 0.717) is 12.6 Å². The van der Waals surface area contributed by atoms with Gasteiger partial charge >= 0.3 is 0 Å². The molecule has 0 bridgehead atoms. The fourth-order valence-corrected chi connectivity index (χ4v) is 3.22. The molecule has 25 heavy (non-hydrogen) atoms. The van der Waals surface area contributed by atoms with E-state index in [0.717, 1.165) is 51.8 Å². The van der Waals surface area contributed by atoms with E-state index in [1.165, 1.54) is 12.8 Å². The molecule has 1 atom stereocenters. The highest BCUT2D eigenvalue weighted by Crippen LogP contribution is 2.17. The second-order valence-corrected chi connectivity index (χ2v) is 6.44. The van der Waals surface area contributed by atoms with Crippen LogP contribution in [0.3, 0.4) is 0 Å². The molecular formula is C18H37N5O2. The van der Waals surface area contributed by atoms with Gasteiger partial charge in [-0.3, -0.25) is 14.7 Å². The Morgan fingerprint density at radius 1 is 1.32 bits per heavy atom. The Morgan fingerprint density at radius 2 is 2.04 bits per heavy atom. The SMILES string of the molecule is CCNC(=NCC1CCCN1CCOC)N(C)CC(=O)N(CC)CC. The molecule has 1 aliphatic heterocycles. The molecule has 1 heterocycles. The van der Waals surface area contributed by atoms with Crippen LogP contribution in [0.25, 0.3) is 0 Å². The lowest BCUT2D eigenvalue weighted by Gasteiger charge is -2.27. The normalized spacial score (nSPS) is 18.4. The Kier molecular flexibility index (Phi) is 10.5. The van der Waals surface area contributed by atoms with E-state index in [2.05, 4.69) is 17.1 Å². The predicted octanol–water partition coefficient (Wildman–Crippen LogP) is 0.863. The molecule has 1 aliphatic rings. The number of carbonyl (C=O) groups excluding carboxylic acids is 1. The Hall–Kier alpha value is -1.34. The molecule has 0 spiro atoms. The van der Waals surface area contributed by atoms with Gasteiger partial charge in [-0.05, 0) is 40.2 Å². The average molecular weight is 356 g/mol. The number of carbonyl (C=O) groups is 1. The van der Waals surface area contributed by atoms with Gasteiger partial charge in [-0.1, -0.05) is 0 Å². The molecule has 1 N–H and O–H groups in total. The molecule has 0 aromatic carbocycles. The quantitative estimate of drug-likeness (QED) is 0.465. The summed E-state index contributed by atoms with van der Waals surface area (Å²) in [6, 6.07) is 0.468. The van der Waals surface area contributed by atoms with E-state index in [1.54, 1.807) is 7.11 Å².